The summed E-state index contributed by atoms with van der Waals surface area (Å²) in [5.41, 5.74) is 2.15. The smallest absolute Gasteiger partial charge is 0.194 e. The summed E-state index contributed by atoms with van der Waals surface area (Å²) in [7, 11) is 0. The van der Waals surface area contributed by atoms with Crippen LogP contribution in [0.4, 0.5) is 5.82 Å². The maximum atomic E-state index is 12.4. The highest BCUT2D eigenvalue weighted by Crippen LogP contribution is 2.24. The van der Waals surface area contributed by atoms with Crippen molar-refractivity contribution in [2.45, 2.75) is 25.8 Å². The normalized spacial score (nSPS) is 14.2. The van der Waals surface area contributed by atoms with Crippen LogP contribution in [-0.4, -0.2) is 16.8 Å². The molecule has 0 atom stereocenters. The van der Waals surface area contributed by atoms with E-state index in [4.69, 9.17) is 0 Å². The minimum Gasteiger partial charge on any atom is -0.367 e. The summed E-state index contributed by atoms with van der Waals surface area (Å²) >= 11 is 0. The number of pyridine rings is 1. The summed E-state index contributed by atoms with van der Waals surface area (Å²) < 4.78 is 0. The number of nitrogens with one attached hydrogen (secondary N) is 1. The Kier molecular flexibility index (Phi) is 3.03. The highest BCUT2D eigenvalue weighted by Gasteiger charge is 2.21. The third-order valence-electron chi connectivity index (χ3n) is 3.30. The van der Waals surface area contributed by atoms with Crippen LogP contribution in [0.2, 0.25) is 0 Å². The third-order valence-corrected chi connectivity index (χ3v) is 3.30. The Hall–Kier alpha value is -2.16. The van der Waals surface area contributed by atoms with Crippen molar-refractivity contribution >= 4 is 11.6 Å². The summed E-state index contributed by atoms with van der Waals surface area (Å²) in [5, 5.41) is 3.34. The molecule has 1 aliphatic carbocycles. The van der Waals surface area contributed by atoms with E-state index < -0.39 is 0 Å². The van der Waals surface area contributed by atoms with Crippen LogP contribution in [0.1, 0.15) is 34.5 Å². The van der Waals surface area contributed by atoms with Gasteiger partial charge in [-0.25, -0.2) is 4.98 Å². The van der Waals surface area contributed by atoms with E-state index in [-0.39, 0.29) is 5.78 Å². The number of aryl methyl sites for hydroxylation is 1. The van der Waals surface area contributed by atoms with Gasteiger partial charge in [0, 0.05) is 17.2 Å². The first-order valence-electron chi connectivity index (χ1n) is 6.58. The number of nitrogens with zero attached hydrogens (tertiary/aromatic N) is 1. The first kappa shape index (κ1) is 11.9. The number of carbonyl (C=O) groups excluding carboxylic acids is 1. The first-order valence-corrected chi connectivity index (χ1v) is 6.58. The van der Waals surface area contributed by atoms with Crippen LogP contribution in [0.15, 0.2) is 42.5 Å². The molecule has 1 aromatic carbocycles. The number of hydrogen-bond acceptors (Lipinski definition) is 3. The fraction of sp³-hybridized carbons (Fsp3) is 0.250. The second kappa shape index (κ2) is 4.84. The molecule has 1 aliphatic rings. The quantitative estimate of drug-likeness (QED) is 0.850. The van der Waals surface area contributed by atoms with Crippen LogP contribution >= 0.6 is 0 Å². The zero-order valence-corrected chi connectivity index (χ0v) is 10.9. The van der Waals surface area contributed by atoms with Crippen LogP contribution in [0.5, 0.6) is 0 Å². The second-order valence-electron chi connectivity index (χ2n) is 4.94. The van der Waals surface area contributed by atoms with Gasteiger partial charge >= 0.3 is 0 Å². The molecule has 1 N–H and O–H groups in total. The Morgan fingerprint density at radius 3 is 2.53 bits per heavy atom. The molecular formula is C16H16N2O. The Balaban J connectivity index is 1.86. The monoisotopic (exact) mass is 252 g/mol. The van der Waals surface area contributed by atoms with Gasteiger partial charge in [0.15, 0.2) is 5.78 Å². The summed E-state index contributed by atoms with van der Waals surface area (Å²) in [6, 6.07) is 13.6. The van der Waals surface area contributed by atoms with Gasteiger partial charge in [-0.15, -0.1) is 0 Å². The minimum absolute atomic E-state index is 0.0311. The van der Waals surface area contributed by atoms with Crippen molar-refractivity contribution in [3.05, 3.63) is 59.3 Å². The van der Waals surface area contributed by atoms with Crippen LogP contribution in [0.25, 0.3) is 0 Å². The predicted octanol–water partition coefficient (Wildman–Crippen LogP) is 3.20. The second-order valence-corrected chi connectivity index (χ2v) is 4.94. The van der Waals surface area contributed by atoms with Crippen LogP contribution in [-0.2, 0) is 0 Å². The van der Waals surface area contributed by atoms with E-state index in [9.17, 15) is 4.79 Å². The van der Waals surface area contributed by atoms with Gasteiger partial charge < -0.3 is 5.32 Å². The SMILES string of the molecule is Cc1nc(NC2CC2)ccc1C(=O)c1ccccc1. The van der Waals surface area contributed by atoms with Crippen molar-refractivity contribution in [1.82, 2.24) is 4.98 Å². The Labute approximate surface area is 112 Å². The molecule has 2 aromatic rings. The van der Waals surface area contributed by atoms with Crippen molar-refractivity contribution in [3.63, 3.8) is 0 Å². The maximum Gasteiger partial charge on any atom is 0.194 e. The van der Waals surface area contributed by atoms with Gasteiger partial charge in [0.05, 0.1) is 5.69 Å². The maximum absolute atomic E-state index is 12.4. The number of aromatic nitrogens is 1. The molecule has 3 nitrogen and oxygen atoms in total. The van der Waals surface area contributed by atoms with Gasteiger partial charge in [-0.05, 0) is 31.9 Å². The molecule has 1 fully saturated rings. The molecule has 0 bridgehead atoms. The molecule has 19 heavy (non-hydrogen) atoms. The average Bonchev–Trinajstić information content (AvgIpc) is 3.23. The molecule has 0 aliphatic heterocycles. The van der Waals surface area contributed by atoms with E-state index in [0.717, 1.165) is 11.5 Å². The highest BCUT2D eigenvalue weighted by atomic mass is 16.1. The van der Waals surface area contributed by atoms with Crippen LogP contribution in [0, 0.1) is 6.92 Å². The number of ketones is 1. The zero-order chi connectivity index (χ0) is 13.2. The summed E-state index contributed by atoms with van der Waals surface area (Å²) in [6.07, 6.45) is 2.43. The predicted molar refractivity (Wildman–Crippen MR) is 75.5 cm³/mol. The molecule has 1 saturated carbocycles. The van der Waals surface area contributed by atoms with Crippen LogP contribution in [0.3, 0.4) is 0 Å². The van der Waals surface area contributed by atoms with E-state index in [2.05, 4.69) is 10.3 Å². The molecule has 3 rings (SSSR count). The highest BCUT2D eigenvalue weighted by molar-refractivity contribution is 6.09. The summed E-state index contributed by atoms with van der Waals surface area (Å²) in [5.74, 6) is 0.896. The minimum atomic E-state index is 0.0311. The summed E-state index contributed by atoms with van der Waals surface area (Å²) in [6.45, 7) is 1.88. The van der Waals surface area contributed by atoms with Crippen molar-refractivity contribution < 1.29 is 4.79 Å². The van der Waals surface area contributed by atoms with Gasteiger partial charge in [0.25, 0.3) is 0 Å². The van der Waals surface area contributed by atoms with E-state index in [1.165, 1.54) is 12.8 Å². The molecule has 1 heterocycles. The number of benzene rings is 1. The van der Waals surface area contributed by atoms with Crippen molar-refractivity contribution in [1.29, 1.82) is 0 Å². The number of anilines is 1. The lowest BCUT2D eigenvalue weighted by atomic mass is 10.0. The lowest BCUT2D eigenvalue weighted by Gasteiger charge is -2.08. The molecule has 0 spiro atoms. The van der Waals surface area contributed by atoms with Gasteiger partial charge in [-0.3, -0.25) is 4.79 Å². The van der Waals surface area contributed by atoms with Gasteiger partial charge in [0.1, 0.15) is 5.82 Å². The standard InChI is InChI=1S/C16H16N2O/c1-11-14(16(19)12-5-3-2-4-6-12)9-10-15(17-11)18-13-7-8-13/h2-6,9-10,13H,7-8H2,1H3,(H,17,18). The van der Waals surface area contributed by atoms with E-state index in [0.29, 0.717) is 17.2 Å². The van der Waals surface area contributed by atoms with E-state index in [1.54, 1.807) is 0 Å². The van der Waals surface area contributed by atoms with Crippen LogP contribution < -0.4 is 5.32 Å². The molecular weight excluding hydrogens is 236 g/mol. The first-order chi connectivity index (χ1) is 9.24. The molecule has 3 heteroatoms. The number of rotatable bonds is 4. The van der Waals surface area contributed by atoms with Crippen molar-refractivity contribution in [3.8, 4) is 0 Å². The summed E-state index contributed by atoms with van der Waals surface area (Å²) in [4.78, 5) is 16.8. The Bertz CT molecular complexity index is 603. The molecule has 96 valence electrons. The average molecular weight is 252 g/mol. The Morgan fingerprint density at radius 2 is 1.89 bits per heavy atom. The fourth-order valence-corrected chi connectivity index (χ4v) is 2.06. The van der Waals surface area contributed by atoms with Crippen molar-refractivity contribution in [2.24, 2.45) is 0 Å². The van der Waals surface area contributed by atoms with Gasteiger partial charge in [0.2, 0.25) is 0 Å². The van der Waals surface area contributed by atoms with Crippen molar-refractivity contribution in [2.75, 3.05) is 5.32 Å². The molecule has 0 amide bonds. The van der Waals surface area contributed by atoms with Gasteiger partial charge in [-0.2, -0.15) is 0 Å². The fourth-order valence-electron chi connectivity index (χ4n) is 2.06. The zero-order valence-electron chi connectivity index (χ0n) is 10.9. The Morgan fingerprint density at radius 1 is 1.16 bits per heavy atom. The molecule has 0 radical (unpaired) electrons. The lowest BCUT2D eigenvalue weighted by Crippen LogP contribution is -2.08. The molecule has 1 aromatic heterocycles. The topological polar surface area (TPSA) is 42.0 Å². The molecule has 0 unspecified atom stereocenters. The molecule has 0 saturated heterocycles. The number of carbonyl (C=O) groups is 1. The van der Waals surface area contributed by atoms with Gasteiger partial charge in [-0.1, -0.05) is 30.3 Å². The number of hydrogen-bond donors (Lipinski definition) is 1. The largest absolute Gasteiger partial charge is 0.367 e. The van der Waals surface area contributed by atoms with E-state index >= 15 is 0 Å². The lowest BCUT2D eigenvalue weighted by molar-refractivity contribution is 0.103. The third kappa shape index (κ3) is 2.65. The van der Waals surface area contributed by atoms with E-state index in [1.807, 2.05) is 49.4 Å².